The van der Waals surface area contributed by atoms with E-state index in [9.17, 15) is 9.90 Å². The lowest BCUT2D eigenvalue weighted by Gasteiger charge is -2.31. The van der Waals surface area contributed by atoms with E-state index in [0.29, 0.717) is 18.0 Å². The van der Waals surface area contributed by atoms with Crippen molar-refractivity contribution in [1.29, 1.82) is 0 Å². The molecule has 0 bridgehead atoms. The van der Waals surface area contributed by atoms with Crippen LogP contribution in [0.3, 0.4) is 0 Å². The summed E-state index contributed by atoms with van der Waals surface area (Å²) in [5, 5.41) is 16.4. The van der Waals surface area contributed by atoms with Crippen LogP contribution in [0.5, 0.6) is 0 Å². The van der Waals surface area contributed by atoms with Gasteiger partial charge in [-0.1, -0.05) is 0 Å². The van der Waals surface area contributed by atoms with Crippen molar-refractivity contribution in [1.82, 2.24) is 24.4 Å². The molecule has 1 atom stereocenters. The summed E-state index contributed by atoms with van der Waals surface area (Å²) in [5.41, 5.74) is 1.40. The lowest BCUT2D eigenvalue weighted by Crippen LogP contribution is -2.41. The maximum atomic E-state index is 12.3. The third-order valence-corrected chi connectivity index (χ3v) is 4.35. The molecular weight excluding hydrogens is 282 g/mol. The lowest BCUT2D eigenvalue weighted by molar-refractivity contribution is 0.0932. The predicted molar refractivity (Wildman–Crippen MR) is 82.7 cm³/mol. The molecule has 1 fully saturated rings. The van der Waals surface area contributed by atoms with E-state index in [0.717, 1.165) is 38.1 Å². The van der Waals surface area contributed by atoms with Crippen molar-refractivity contribution in [2.75, 3.05) is 32.8 Å². The molecule has 2 aromatic heterocycles. The van der Waals surface area contributed by atoms with Crippen LogP contribution in [0.25, 0.3) is 5.65 Å². The number of aryl methyl sites for hydroxylation is 1. The van der Waals surface area contributed by atoms with Crippen LogP contribution in [0.1, 0.15) is 23.2 Å². The molecule has 2 aromatic rings. The highest BCUT2D eigenvalue weighted by Crippen LogP contribution is 2.15. The highest BCUT2D eigenvalue weighted by atomic mass is 16.3. The van der Waals surface area contributed by atoms with Crippen molar-refractivity contribution in [2.45, 2.75) is 12.8 Å². The minimum atomic E-state index is -0.0903. The van der Waals surface area contributed by atoms with Crippen molar-refractivity contribution in [3.8, 4) is 0 Å². The number of rotatable bonds is 5. The summed E-state index contributed by atoms with van der Waals surface area (Å²) < 4.78 is 3.59. The van der Waals surface area contributed by atoms with E-state index < -0.39 is 0 Å². The largest absolute Gasteiger partial charge is 0.396 e. The van der Waals surface area contributed by atoms with Gasteiger partial charge in [0.05, 0.1) is 6.20 Å². The molecule has 0 spiro atoms. The van der Waals surface area contributed by atoms with Crippen LogP contribution < -0.4 is 5.32 Å². The third kappa shape index (κ3) is 3.00. The maximum Gasteiger partial charge on any atom is 0.256 e. The number of carbonyl (C=O) groups excluding carboxylic acids is 1. The monoisotopic (exact) mass is 305 g/mol. The van der Waals surface area contributed by atoms with Crippen LogP contribution in [-0.4, -0.2) is 62.9 Å². The minimum absolute atomic E-state index is 0.0903. The van der Waals surface area contributed by atoms with E-state index in [2.05, 4.69) is 15.3 Å². The number of nitrogens with one attached hydrogen (secondary N) is 1. The Balaban J connectivity index is 1.53. The number of likely N-dealkylation sites (tertiary alicyclic amines) is 1. The zero-order valence-electron chi connectivity index (χ0n) is 12.9. The summed E-state index contributed by atoms with van der Waals surface area (Å²) >= 11 is 0. The number of amides is 1. The standard InChI is InChI=1S/C15H23N5O2/c1-18-7-8-20-15(18)13(9-17-20)14(22)16-4-6-19-5-2-3-12(10-19)11-21/h7-9,12,21H,2-6,10-11H2,1H3,(H,16,22)/t12-/m1/s1. The van der Waals surface area contributed by atoms with Crippen LogP contribution in [-0.2, 0) is 7.05 Å². The van der Waals surface area contributed by atoms with E-state index in [4.69, 9.17) is 0 Å². The Kier molecular flexibility index (Phi) is 4.44. The van der Waals surface area contributed by atoms with Gasteiger partial charge in [-0.3, -0.25) is 4.79 Å². The quantitative estimate of drug-likeness (QED) is 0.822. The fraction of sp³-hybridized carbons (Fsp3) is 0.600. The Morgan fingerprint density at radius 1 is 1.50 bits per heavy atom. The highest BCUT2D eigenvalue weighted by Gasteiger charge is 2.19. The molecule has 1 saturated heterocycles. The second kappa shape index (κ2) is 6.50. The van der Waals surface area contributed by atoms with Gasteiger partial charge < -0.3 is 19.9 Å². The van der Waals surface area contributed by atoms with Crippen molar-refractivity contribution in [3.05, 3.63) is 24.2 Å². The molecule has 22 heavy (non-hydrogen) atoms. The number of fused-ring (bicyclic) bond motifs is 1. The molecule has 0 aromatic carbocycles. The number of hydrogen-bond donors (Lipinski definition) is 2. The Labute approximate surface area is 129 Å². The van der Waals surface area contributed by atoms with E-state index >= 15 is 0 Å². The number of aromatic nitrogens is 3. The number of aliphatic hydroxyl groups excluding tert-OH is 1. The van der Waals surface area contributed by atoms with Crippen LogP contribution in [0.2, 0.25) is 0 Å². The van der Waals surface area contributed by atoms with Crippen molar-refractivity contribution >= 4 is 11.6 Å². The molecule has 0 saturated carbocycles. The second-order valence-electron chi connectivity index (χ2n) is 5.98. The first-order valence-electron chi connectivity index (χ1n) is 7.79. The molecule has 7 heteroatoms. The molecule has 3 heterocycles. The average molecular weight is 305 g/mol. The fourth-order valence-electron chi connectivity index (χ4n) is 3.14. The van der Waals surface area contributed by atoms with Crippen LogP contribution in [0.15, 0.2) is 18.6 Å². The average Bonchev–Trinajstić information content (AvgIpc) is 3.11. The number of piperidine rings is 1. The Bertz CT molecular complexity index is 647. The van der Waals surface area contributed by atoms with Gasteiger partial charge in [0.2, 0.25) is 0 Å². The molecular formula is C15H23N5O2. The van der Waals surface area contributed by atoms with Gasteiger partial charge in [0.25, 0.3) is 5.91 Å². The van der Waals surface area contributed by atoms with E-state index in [1.54, 1.807) is 10.7 Å². The van der Waals surface area contributed by atoms with Gasteiger partial charge in [0.15, 0.2) is 0 Å². The predicted octanol–water partition coefficient (Wildman–Crippen LogP) is 0.107. The first-order chi connectivity index (χ1) is 10.7. The molecule has 0 unspecified atom stereocenters. The van der Waals surface area contributed by atoms with Gasteiger partial charge in [-0.05, 0) is 25.3 Å². The fourth-order valence-corrected chi connectivity index (χ4v) is 3.14. The van der Waals surface area contributed by atoms with E-state index in [-0.39, 0.29) is 12.5 Å². The zero-order valence-corrected chi connectivity index (χ0v) is 12.9. The van der Waals surface area contributed by atoms with E-state index in [1.165, 1.54) is 0 Å². The van der Waals surface area contributed by atoms with Gasteiger partial charge in [-0.2, -0.15) is 5.10 Å². The second-order valence-corrected chi connectivity index (χ2v) is 5.98. The molecule has 1 aliphatic heterocycles. The minimum Gasteiger partial charge on any atom is -0.396 e. The van der Waals surface area contributed by atoms with Gasteiger partial charge in [-0.25, -0.2) is 4.52 Å². The summed E-state index contributed by atoms with van der Waals surface area (Å²) in [6.45, 7) is 3.65. The smallest absolute Gasteiger partial charge is 0.256 e. The molecule has 0 aliphatic carbocycles. The molecule has 2 N–H and O–H groups in total. The Hall–Kier alpha value is -1.86. The summed E-state index contributed by atoms with van der Waals surface area (Å²) in [5.74, 6) is 0.288. The summed E-state index contributed by atoms with van der Waals surface area (Å²) in [6.07, 6.45) is 7.53. The summed E-state index contributed by atoms with van der Waals surface area (Å²) in [7, 11) is 1.90. The summed E-state index contributed by atoms with van der Waals surface area (Å²) in [4.78, 5) is 14.6. The molecule has 3 rings (SSSR count). The maximum absolute atomic E-state index is 12.3. The number of nitrogens with zero attached hydrogens (tertiary/aromatic N) is 4. The van der Waals surface area contributed by atoms with Crippen molar-refractivity contribution in [2.24, 2.45) is 13.0 Å². The molecule has 7 nitrogen and oxygen atoms in total. The first kappa shape index (κ1) is 15.1. The zero-order chi connectivity index (χ0) is 15.5. The molecule has 1 amide bonds. The van der Waals surface area contributed by atoms with Crippen LogP contribution >= 0.6 is 0 Å². The van der Waals surface area contributed by atoms with Crippen molar-refractivity contribution in [3.63, 3.8) is 0 Å². The third-order valence-electron chi connectivity index (χ3n) is 4.35. The van der Waals surface area contributed by atoms with Gasteiger partial charge in [0, 0.05) is 45.7 Å². The Morgan fingerprint density at radius 3 is 3.18 bits per heavy atom. The van der Waals surface area contributed by atoms with Crippen LogP contribution in [0, 0.1) is 5.92 Å². The SMILES string of the molecule is Cn1ccn2ncc(C(=O)NCCN3CCC[C@@H](CO)C3)c12. The van der Waals surface area contributed by atoms with Crippen LogP contribution in [0.4, 0.5) is 0 Å². The molecule has 0 radical (unpaired) electrons. The van der Waals surface area contributed by atoms with Gasteiger partial charge in [-0.15, -0.1) is 0 Å². The van der Waals surface area contributed by atoms with Gasteiger partial charge >= 0.3 is 0 Å². The molecule has 1 aliphatic rings. The number of aliphatic hydroxyl groups is 1. The number of imidazole rings is 1. The summed E-state index contributed by atoms with van der Waals surface area (Å²) in [6, 6.07) is 0. The molecule has 120 valence electrons. The topological polar surface area (TPSA) is 74.8 Å². The van der Waals surface area contributed by atoms with Crippen molar-refractivity contribution < 1.29 is 9.90 Å². The normalized spacial score (nSPS) is 19.6. The first-order valence-corrected chi connectivity index (χ1v) is 7.79. The lowest BCUT2D eigenvalue weighted by atomic mass is 9.99. The highest BCUT2D eigenvalue weighted by molar-refractivity contribution is 5.99. The van der Waals surface area contributed by atoms with Gasteiger partial charge in [0.1, 0.15) is 11.2 Å². The van der Waals surface area contributed by atoms with E-state index in [1.807, 2.05) is 24.0 Å². The number of carbonyl (C=O) groups is 1. The number of hydrogen-bond acceptors (Lipinski definition) is 4. The Morgan fingerprint density at radius 2 is 2.36 bits per heavy atom.